The Morgan fingerprint density at radius 3 is 2.14 bits per heavy atom. The number of nitro benzene ring substituents is 1. The molecule has 0 saturated carbocycles. The zero-order valence-corrected chi connectivity index (χ0v) is 18.1. The van der Waals surface area contributed by atoms with Gasteiger partial charge in [0.2, 0.25) is 5.82 Å². The summed E-state index contributed by atoms with van der Waals surface area (Å²) in [4.78, 5) is 9.42. The van der Waals surface area contributed by atoms with E-state index in [1.807, 2.05) is 0 Å². The smallest absolute Gasteiger partial charge is 1.00 e. The van der Waals surface area contributed by atoms with Crippen LogP contribution in [0, 0.1) is 10.1 Å². The van der Waals surface area contributed by atoms with Gasteiger partial charge in [0.15, 0.2) is 0 Å². The number of non-ortho nitro benzene ring substituents is 1. The Balaban J connectivity index is 0.00000225. The normalized spacial score (nSPS) is 11.7. The van der Waals surface area contributed by atoms with Crippen molar-refractivity contribution in [2.24, 2.45) is 0 Å². The Morgan fingerprint density at radius 2 is 1.62 bits per heavy atom. The molecule has 3 rings (SSSR count). The molecule has 0 atom stereocenters. The molecule has 0 fully saturated rings. The molecule has 0 amide bonds. The van der Waals surface area contributed by atoms with Gasteiger partial charge in [-0.3, -0.25) is 19.2 Å². The van der Waals surface area contributed by atoms with Crippen molar-refractivity contribution in [3.8, 4) is 17.1 Å². The zero-order valence-electron chi connectivity index (χ0n) is 15.4. The summed E-state index contributed by atoms with van der Waals surface area (Å²) in [5.74, 6) is -0.284. The fourth-order valence-electron chi connectivity index (χ4n) is 2.20. The van der Waals surface area contributed by atoms with E-state index >= 15 is 0 Å². The zero-order chi connectivity index (χ0) is 20.7. The van der Waals surface area contributed by atoms with Crippen molar-refractivity contribution in [1.82, 2.24) is 20.2 Å². The van der Waals surface area contributed by atoms with Crippen LogP contribution in [0.2, 0.25) is 0 Å². The van der Waals surface area contributed by atoms with Crippen LogP contribution in [-0.2, 0) is 20.2 Å². The molecular weight excluding hydrogens is 441 g/mol. The van der Waals surface area contributed by atoms with Gasteiger partial charge in [-0.2, -0.15) is 16.8 Å². The molecule has 0 saturated heterocycles. The molecule has 1 heterocycles. The van der Waals surface area contributed by atoms with Gasteiger partial charge in [-0.25, -0.2) is 0 Å². The van der Waals surface area contributed by atoms with Gasteiger partial charge in [0.1, 0.15) is 4.90 Å². The number of nitrogens with zero attached hydrogens (tertiary/aromatic N) is 5. The van der Waals surface area contributed by atoms with Crippen LogP contribution in [-0.4, -0.2) is 51.1 Å². The van der Waals surface area contributed by atoms with Gasteiger partial charge >= 0.3 is 29.6 Å². The summed E-state index contributed by atoms with van der Waals surface area (Å²) in [5.41, 5.74) is -0.172. The van der Waals surface area contributed by atoms with E-state index in [0.717, 1.165) is 16.9 Å². The molecule has 0 spiro atoms. The van der Waals surface area contributed by atoms with E-state index in [4.69, 9.17) is 4.55 Å². The number of nitro groups is 1. The van der Waals surface area contributed by atoms with Gasteiger partial charge in [-0.1, -0.05) is 0 Å². The third-order valence-corrected chi connectivity index (χ3v) is 5.22. The first-order valence-electron chi connectivity index (χ1n) is 7.11. The molecule has 148 valence electrons. The van der Waals surface area contributed by atoms with Crippen molar-refractivity contribution >= 4 is 25.9 Å². The third kappa shape index (κ3) is 5.02. The standard InChI is InChI=1S/C13H9N5O8S2.Na.H/c19-18(20)9-3-1-8(2-4-9)17-15-13(14-16-17)11-6-5-10(27(21,22)23)7-12(11)28(24,25)26;;/h1-7H,(H,21,22,23)(H,24,25,26);;/q;+1;-1. The molecule has 0 unspecified atom stereocenters. The van der Waals surface area contributed by atoms with E-state index in [0.29, 0.717) is 6.07 Å². The largest absolute Gasteiger partial charge is 1.00 e. The number of tetrazole rings is 1. The van der Waals surface area contributed by atoms with Crippen LogP contribution in [0.4, 0.5) is 5.69 Å². The SMILES string of the molecule is O=[N+]([O-])c1ccc(-n2nnc(-c3ccc(S(=O)(=O)O)cc3S(=O)(=O)O)n2)cc1.[H-].[Na+]. The summed E-state index contributed by atoms with van der Waals surface area (Å²) in [7, 11) is -9.63. The van der Waals surface area contributed by atoms with Gasteiger partial charge in [0.05, 0.1) is 15.5 Å². The number of hydrogen-bond donors (Lipinski definition) is 2. The van der Waals surface area contributed by atoms with Crippen LogP contribution >= 0.6 is 0 Å². The molecule has 0 radical (unpaired) electrons. The summed E-state index contributed by atoms with van der Waals surface area (Å²) >= 11 is 0. The molecule has 3 aromatic rings. The minimum Gasteiger partial charge on any atom is -1.00 e. The second-order valence-electron chi connectivity index (χ2n) is 5.28. The summed E-state index contributed by atoms with van der Waals surface area (Å²) in [6, 6.07) is 7.47. The van der Waals surface area contributed by atoms with Gasteiger partial charge in [-0.15, -0.1) is 15.0 Å². The van der Waals surface area contributed by atoms with Crippen LogP contribution in [0.3, 0.4) is 0 Å². The minimum absolute atomic E-state index is 0. The topological polar surface area (TPSA) is 195 Å². The van der Waals surface area contributed by atoms with Crippen molar-refractivity contribution < 1.29 is 61.8 Å². The number of benzene rings is 2. The van der Waals surface area contributed by atoms with E-state index in [-0.39, 0.29) is 53.7 Å². The van der Waals surface area contributed by atoms with E-state index < -0.39 is 35.0 Å². The predicted molar refractivity (Wildman–Crippen MR) is 92.0 cm³/mol. The monoisotopic (exact) mass is 451 g/mol. The first-order chi connectivity index (χ1) is 13.0. The fourth-order valence-corrected chi connectivity index (χ4v) is 3.50. The second kappa shape index (κ2) is 8.23. The van der Waals surface area contributed by atoms with E-state index in [9.17, 15) is 31.5 Å². The molecule has 13 nitrogen and oxygen atoms in total. The van der Waals surface area contributed by atoms with E-state index in [1.165, 1.54) is 24.3 Å². The molecule has 1 aromatic heterocycles. The first-order valence-corrected chi connectivity index (χ1v) is 9.99. The van der Waals surface area contributed by atoms with Crippen LogP contribution in [0.1, 0.15) is 1.43 Å². The molecule has 16 heteroatoms. The average molecular weight is 451 g/mol. The maximum Gasteiger partial charge on any atom is 1.00 e. The van der Waals surface area contributed by atoms with Crippen molar-refractivity contribution in [1.29, 1.82) is 0 Å². The minimum atomic E-state index is -4.90. The summed E-state index contributed by atoms with van der Waals surface area (Å²) in [6.45, 7) is 0. The maximum absolute atomic E-state index is 11.6. The summed E-state index contributed by atoms with van der Waals surface area (Å²) in [5, 5.41) is 21.9. The van der Waals surface area contributed by atoms with Crippen LogP contribution in [0.15, 0.2) is 52.3 Å². The third-order valence-electron chi connectivity index (χ3n) is 3.47. The second-order valence-corrected chi connectivity index (χ2v) is 8.10. The number of aromatic nitrogens is 4. The average Bonchev–Trinajstić information content (AvgIpc) is 3.09. The molecule has 2 aromatic carbocycles. The van der Waals surface area contributed by atoms with Crippen molar-refractivity contribution in [3.63, 3.8) is 0 Å². The Bertz CT molecular complexity index is 1300. The summed E-state index contributed by atoms with van der Waals surface area (Å²) < 4.78 is 64.1. The molecule has 29 heavy (non-hydrogen) atoms. The molecule has 0 aliphatic heterocycles. The molecule has 0 bridgehead atoms. The van der Waals surface area contributed by atoms with Crippen molar-refractivity contribution in [2.75, 3.05) is 0 Å². The molecular formula is C13H10N5NaO8S2. The maximum atomic E-state index is 11.6. The molecule has 0 aliphatic carbocycles. The van der Waals surface area contributed by atoms with Crippen LogP contribution in [0.25, 0.3) is 17.1 Å². The van der Waals surface area contributed by atoms with Crippen molar-refractivity contribution in [3.05, 3.63) is 52.6 Å². The molecule has 0 aliphatic rings. The van der Waals surface area contributed by atoms with Gasteiger partial charge in [-0.05, 0) is 35.5 Å². The Morgan fingerprint density at radius 1 is 1.00 bits per heavy atom. The number of rotatable bonds is 5. The summed E-state index contributed by atoms with van der Waals surface area (Å²) in [6.07, 6.45) is 0. The quantitative estimate of drug-likeness (QED) is 0.186. The van der Waals surface area contributed by atoms with Gasteiger partial charge < -0.3 is 1.43 Å². The predicted octanol–water partition coefficient (Wildman–Crippen LogP) is -2.15. The fraction of sp³-hybridized carbons (Fsp3) is 0. The van der Waals surface area contributed by atoms with E-state index in [1.54, 1.807) is 0 Å². The Labute approximate surface area is 186 Å². The van der Waals surface area contributed by atoms with Crippen LogP contribution in [0.5, 0.6) is 0 Å². The van der Waals surface area contributed by atoms with Gasteiger partial charge in [0, 0.05) is 17.7 Å². The van der Waals surface area contributed by atoms with Crippen LogP contribution < -0.4 is 29.6 Å². The van der Waals surface area contributed by atoms with Crippen molar-refractivity contribution in [2.45, 2.75) is 9.79 Å². The Kier molecular flexibility index (Phi) is 6.53. The molecule has 2 N–H and O–H groups in total. The number of hydrogen-bond acceptors (Lipinski definition) is 9. The van der Waals surface area contributed by atoms with E-state index in [2.05, 4.69) is 15.4 Å². The Hall–Kier alpha value is -2.27. The van der Waals surface area contributed by atoms with Gasteiger partial charge in [0.25, 0.3) is 25.9 Å². The first kappa shape index (κ1) is 23.0.